The predicted octanol–water partition coefficient (Wildman–Crippen LogP) is 13.3. The standard InChI is InChI=1S/C49H36N4S/c1-2-3-12-32-21-23-34(24-22-32)47-50-48(52-49(51-47)37-16-11-15-36(31-37)33-13-5-4-6-14-33)35-25-27-38(28-26-35)53-42-19-9-7-18-41(42)45-43(53)30-29-40-39-17-8-10-20-44(39)54-46(40)45/h4-11,13-31H,2-3,12H2,1H3. The Bertz CT molecular complexity index is 2960. The Morgan fingerprint density at radius 3 is 1.87 bits per heavy atom. The summed E-state index contributed by atoms with van der Waals surface area (Å²) >= 11 is 1.88. The van der Waals surface area contributed by atoms with E-state index in [1.54, 1.807) is 0 Å². The fourth-order valence-electron chi connectivity index (χ4n) is 7.71. The minimum Gasteiger partial charge on any atom is -0.309 e. The van der Waals surface area contributed by atoms with Crippen molar-refractivity contribution in [3.8, 4) is 51.0 Å². The minimum atomic E-state index is 0.649. The van der Waals surface area contributed by atoms with Crippen LogP contribution in [-0.2, 0) is 6.42 Å². The number of thiophene rings is 1. The fraction of sp³-hybridized carbons (Fsp3) is 0.0816. The summed E-state index contributed by atoms with van der Waals surface area (Å²) < 4.78 is 5.04. The van der Waals surface area contributed by atoms with E-state index >= 15 is 0 Å². The van der Waals surface area contributed by atoms with Crippen LogP contribution in [0.4, 0.5) is 0 Å². The van der Waals surface area contributed by atoms with Crippen molar-refractivity contribution in [3.63, 3.8) is 0 Å². The monoisotopic (exact) mass is 712 g/mol. The highest BCUT2D eigenvalue weighted by Gasteiger charge is 2.18. The molecule has 0 N–H and O–H groups in total. The van der Waals surface area contributed by atoms with Crippen LogP contribution in [0.5, 0.6) is 0 Å². The van der Waals surface area contributed by atoms with Crippen LogP contribution in [0.15, 0.2) is 164 Å². The highest BCUT2D eigenvalue weighted by Crippen LogP contribution is 2.43. The molecule has 0 amide bonds. The molecule has 0 aliphatic carbocycles. The third kappa shape index (κ3) is 5.65. The van der Waals surface area contributed by atoms with Crippen molar-refractivity contribution in [2.45, 2.75) is 26.2 Å². The normalized spacial score (nSPS) is 11.6. The number of rotatable bonds is 8. The zero-order valence-corrected chi connectivity index (χ0v) is 30.7. The average Bonchev–Trinajstić information content (AvgIpc) is 3.79. The van der Waals surface area contributed by atoms with Gasteiger partial charge in [0.1, 0.15) is 0 Å². The molecule has 0 bridgehead atoms. The molecule has 0 atom stereocenters. The molecule has 0 radical (unpaired) electrons. The molecule has 4 nitrogen and oxygen atoms in total. The summed E-state index contributed by atoms with van der Waals surface area (Å²) in [6.07, 6.45) is 3.43. The summed E-state index contributed by atoms with van der Waals surface area (Å²) in [5, 5.41) is 5.20. The van der Waals surface area contributed by atoms with E-state index in [2.05, 4.69) is 169 Å². The van der Waals surface area contributed by atoms with Gasteiger partial charge in [-0.25, -0.2) is 15.0 Å². The van der Waals surface area contributed by atoms with E-state index < -0.39 is 0 Å². The summed E-state index contributed by atoms with van der Waals surface area (Å²) in [5.74, 6) is 1.97. The first-order valence-electron chi connectivity index (χ1n) is 18.7. The highest BCUT2D eigenvalue weighted by molar-refractivity contribution is 7.26. The molecule has 0 spiro atoms. The van der Waals surface area contributed by atoms with Gasteiger partial charge in [0, 0.05) is 53.3 Å². The number of unbranched alkanes of at least 4 members (excludes halogenated alkanes) is 1. The van der Waals surface area contributed by atoms with Crippen LogP contribution in [-0.4, -0.2) is 19.5 Å². The summed E-state index contributed by atoms with van der Waals surface area (Å²) in [5.41, 5.74) is 9.98. The number of hydrogen-bond acceptors (Lipinski definition) is 4. The Hall–Kier alpha value is -6.43. The van der Waals surface area contributed by atoms with Gasteiger partial charge in [-0.3, -0.25) is 0 Å². The van der Waals surface area contributed by atoms with Crippen molar-refractivity contribution >= 4 is 53.3 Å². The van der Waals surface area contributed by atoms with Crippen molar-refractivity contribution in [2.24, 2.45) is 0 Å². The van der Waals surface area contributed by atoms with Crippen molar-refractivity contribution in [3.05, 3.63) is 169 Å². The molecule has 5 heteroatoms. The SMILES string of the molecule is CCCCc1ccc(-c2nc(-c3ccc(-n4c5ccccc5c5c6sc7ccccc7c6ccc54)cc3)nc(-c3cccc(-c4ccccc4)c3)n2)cc1. The quantitative estimate of drug-likeness (QED) is 0.158. The summed E-state index contributed by atoms with van der Waals surface area (Å²) in [4.78, 5) is 15.3. The smallest absolute Gasteiger partial charge is 0.164 e. The van der Waals surface area contributed by atoms with E-state index in [4.69, 9.17) is 15.0 Å². The van der Waals surface area contributed by atoms with Crippen LogP contribution in [0.3, 0.4) is 0 Å². The van der Waals surface area contributed by atoms with Gasteiger partial charge in [-0.2, -0.15) is 0 Å². The van der Waals surface area contributed by atoms with Crippen LogP contribution in [0.2, 0.25) is 0 Å². The largest absolute Gasteiger partial charge is 0.309 e. The number of para-hydroxylation sites is 1. The lowest BCUT2D eigenvalue weighted by Crippen LogP contribution is -2.01. The fourth-order valence-corrected chi connectivity index (χ4v) is 8.96. The predicted molar refractivity (Wildman–Crippen MR) is 227 cm³/mol. The third-order valence-corrected chi connectivity index (χ3v) is 11.7. The summed E-state index contributed by atoms with van der Waals surface area (Å²) in [6, 6.07) is 58.3. The van der Waals surface area contributed by atoms with Crippen molar-refractivity contribution in [1.29, 1.82) is 0 Å². The number of aryl methyl sites for hydroxylation is 1. The molecule has 0 aliphatic rings. The van der Waals surface area contributed by atoms with E-state index in [-0.39, 0.29) is 0 Å². The molecule has 258 valence electrons. The van der Waals surface area contributed by atoms with Crippen LogP contribution in [0.25, 0.3) is 93.0 Å². The molecule has 10 rings (SSSR count). The first-order chi connectivity index (χ1) is 26.7. The summed E-state index contributed by atoms with van der Waals surface area (Å²) in [6.45, 7) is 2.23. The molecule has 0 unspecified atom stereocenters. The van der Waals surface area contributed by atoms with Crippen LogP contribution < -0.4 is 0 Å². The third-order valence-electron chi connectivity index (χ3n) is 10.5. The van der Waals surface area contributed by atoms with Gasteiger partial charge in [-0.05, 0) is 78.1 Å². The molecule has 3 heterocycles. The Morgan fingerprint density at radius 2 is 1.11 bits per heavy atom. The Labute approximate surface area is 318 Å². The zero-order chi connectivity index (χ0) is 36.0. The van der Waals surface area contributed by atoms with E-state index in [0.717, 1.165) is 39.9 Å². The molecule has 54 heavy (non-hydrogen) atoms. The molecular formula is C49H36N4S. The number of hydrogen-bond donors (Lipinski definition) is 0. The van der Waals surface area contributed by atoms with Gasteiger partial charge in [0.25, 0.3) is 0 Å². The average molecular weight is 713 g/mol. The lowest BCUT2D eigenvalue weighted by atomic mass is 10.0. The molecule has 10 aromatic rings. The Morgan fingerprint density at radius 1 is 0.481 bits per heavy atom. The maximum Gasteiger partial charge on any atom is 0.164 e. The van der Waals surface area contributed by atoms with Gasteiger partial charge >= 0.3 is 0 Å². The number of nitrogens with zero attached hydrogens (tertiary/aromatic N) is 4. The zero-order valence-electron chi connectivity index (χ0n) is 29.9. The van der Waals surface area contributed by atoms with E-state index in [1.165, 1.54) is 60.4 Å². The van der Waals surface area contributed by atoms with E-state index in [9.17, 15) is 0 Å². The first-order valence-corrected chi connectivity index (χ1v) is 19.5. The van der Waals surface area contributed by atoms with Crippen LogP contribution in [0.1, 0.15) is 25.3 Å². The Kier molecular flexibility index (Phi) is 8.07. The lowest BCUT2D eigenvalue weighted by Gasteiger charge is -2.11. The lowest BCUT2D eigenvalue weighted by molar-refractivity contribution is 0.795. The van der Waals surface area contributed by atoms with Gasteiger partial charge in [0.05, 0.1) is 11.0 Å². The molecule has 0 fully saturated rings. The molecule has 0 aliphatic heterocycles. The second-order valence-electron chi connectivity index (χ2n) is 13.9. The van der Waals surface area contributed by atoms with E-state index in [0.29, 0.717) is 17.5 Å². The van der Waals surface area contributed by atoms with Gasteiger partial charge < -0.3 is 4.57 Å². The number of benzene rings is 7. The van der Waals surface area contributed by atoms with Gasteiger partial charge in [-0.1, -0.05) is 129 Å². The maximum atomic E-state index is 5.11. The second-order valence-corrected chi connectivity index (χ2v) is 14.9. The van der Waals surface area contributed by atoms with Crippen LogP contribution in [0, 0.1) is 0 Å². The van der Waals surface area contributed by atoms with Crippen molar-refractivity contribution in [2.75, 3.05) is 0 Å². The Balaban J connectivity index is 1.09. The van der Waals surface area contributed by atoms with Crippen LogP contribution >= 0.6 is 11.3 Å². The molecular weight excluding hydrogens is 677 g/mol. The number of fused-ring (bicyclic) bond motifs is 7. The van der Waals surface area contributed by atoms with Crippen molar-refractivity contribution in [1.82, 2.24) is 19.5 Å². The maximum absolute atomic E-state index is 5.11. The first kappa shape index (κ1) is 32.2. The van der Waals surface area contributed by atoms with Gasteiger partial charge in [0.2, 0.25) is 0 Å². The van der Waals surface area contributed by atoms with Crippen molar-refractivity contribution < 1.29 is 0 Å². The topological polar surface area (TPSA) is 43.6 Å². The van der Waals surface area contributed by atoms with Gasteiger partial charge in [-0.15, -0.1) is 11.3 Å². The van der Waals surface area contributed by atoms with E-state index in [1.807, 2.05) is 17.4 Å². The molecule has 0 saturated carbocycles. The molecule has 3 aromatic heterocycles. The molecule has 0 saturated heterocycles. The minimum absolute atomic E-state index is 0.649. The second kappa shape index (κ2) is 13.5. The number of aromatic nitrogens is 4. The summed E-state index contributed by atoms with van der Waals surface area (Å²) in [7, 11) is 0. The highest BCUT2D eigenvalue weighted by atomic mass is 32.1. The molecule has 7 aromatic carbocycles. The van der Waals surface area contributed by atoms with Gasteiger partial charge in [0.15, 0.2) is 17.5 Å².